The topological polar surface area (TPSA) is 46.9 Å². The standard InChI is InChI=1S/C17H11ClF3N3O/c18-14-9-24(8-10-1-3-11(19)4-2-10)23-16(14)22-17(25)13-7-12(20)5-6-15(13)21/h1-7,9H,8H2,(H,22,23,25). The number of hydrogen-bond acceptors (Lipinski definition) is 2. The molecule has 0 radical (unpaired) electrons. The minimum Gasteiger partial charge on any atom is -0.304 e. The van der Waals surface area contributed by atoms with E-state index in [2.05, 4.69) is 10.4 Å². The Balaban J connectivity index is 1.77. The number of rotatable bonds is 4. The first kappa shape index (κ1) is 17.0. The first-order chi connectivity index (χ1) is 11.9. The zero-order chi connectivity index (χ0) is 18.0. The molecule has 0 aliphatic carbocycles. The second-order valence-electron chi connectivity index (χ2n) is 5.23. The van der Waals surface area contributed by atoms with E-state index >= 15 is 0 Å². The third-order valence-corrected chi connectivity index (χ3v) is 3.66. The first-order valence-corrected chi connectivity index (χ1v) is 7.54. The molecule has 0 unspecified atom stereocenters. The van der Waals surface area contributed by atoms with Crippen molar-refractivity contribution in [3.8, 4) is 0 Å². The molecule has 0 saturated carbocycles. The normalized spacial score (nSPS) is 10.7. The maximum atomic E-state index is 13.6. The molecule has 0 aliphatic heterocycles. The number of benzene rings is 2. The molecule has 0 fully saturated rings. The quantitative estimate of drug-likeness (QED) is 0.751. The third-order valence-electron chi connectivity index (χ3n) is 3.38. The highest BCUT2D eigenvalue weighted by molar-refractivity contribution is 6.33. The van der Waals surface area contributed by atoms with Gasteiger partial charge in [-0.25, -0.2) is 13.2 Å². The number of aromatic nitrogens is 2. The lowest BCUT2D eigenvalue weighted by atomic mass is 10.2. The van der Waals surface area contributed by atoms with Crippen LogP contribution in [-0.4, -0.2) is 15.7 Å². The van der Waals surface area contributed by atoms with E-state index in [0.717, 1.165) is 23.8 Å². The summed E-state index contributed by atoms with van der Waals surface area (Å²) < 4.78 is 41.2. The van der Waals surface area contributed by atoms with Crippen LogP contribution in [-0.2, 0) is 6.54 Å². The molecule has 3 aromatic rings. The molecule has 1 N–H and O–H groups in total. The average Bonchev–Trinajstić information content (AvgIpc) is 2.91. The lowest BCUT2D eigenvalue weighted by molar-refractivity contribution is 0.102. The van der Waals surface area contributed by atoms with Crippen molar-refractivity contribution in [1.29, 1.82) is 0 Å². The summed E-state index contributed by atoms with van der Waals surface area (Å²) in [7, 11) is 0. The molecule has 25 heavy (non-hydrogen) atoms. The Kier molecular flexibility index (Phi) is 4.76. The van der Waals surface area contributed by atoms with Crippen LogP contribution in [0.15, 0.2) is 48.7 Å². The molecule has 1 aromatic heterocycles. The summed E-state index contributed by atoms with van der Waals surface area (Å²) in [6, 6.07) is 8.37. The summed E-state index contributed by atoms with van der Waals surface area (Å²) in [6.07, 6.45) is 1.46. The van der Waals surface area contributed by atoms with E-state index in [-0.39, 0.29) is 16.7 Å². The highest BCUT2D eigenvalue weighted by Crippen LogP contribution is 2.21. The van der Waals surface area contributed by atoms with Crippen LogP contribution < -0.4 is 5.32 Å². The summed E-state index contributed by atoms with van der Waals surface area (Å²) in [6.45, 7) is 0.296. The van der Waals surface area contributed by atoms with E-state index in [9.17, 15) is 18.0 Å². The van der Waals surface area contributed by atoms with Gasteiger partial charge in [0.2, 0.25) is 0 Å². The molecule has 1 heterocycles. The van der Waals surface area contributed by atoms with Crippen molar-refractivity contribution in [1.82, 2.24) is 9.78 Å². The smallest absolute Gasteiger partial charge is 0.259 e. The van der Waals surface area contributed by atoms with Crippen molar-refractivity contribution >= 4 is 23.3 Å². The van der Waals surface area contributed by atoms with Gasteiger partial charge >= 0.3 is 0 Å². The summed E-state index contributed by atoms with van der Waals surface area (Å²) in [5, 5.41) is 6.56. The van der Waals surface area contributed by atoms with Gasteiger partial charge < -0.3 is 5.32 Å². The number of nitrogens with zero attached hydrogens (tertiary/aromatic N) is 2. The van der Waals surface area contributed by atoms with E-state index in [1.165, 1.54) is 23.0 Å². The van der Waals surface area contributed by atoms with Crippen LogP contribution in [0.25, 0.3) is 0 Å². The number of carbonyl (C=O) groups excluding carboxylic acids is 1. The van der Waals surface area contributed by atoms with E-state index < -0.39 is 23.1 Å². The zero-order valence-corrected chi connectivity index (χ0v) is 13.4. The third kappa shape index (κ3) is 4.00. The van der Waals surface area contributed by atoms with Crippen molar-refractivity contribution < 1.29 is 18.0 Å². The molecular formula is C17H11ClF3N3O. The minimum atomic E-state index is -0.870. The number of nitrogens with one attached hydrogen (secondary N) is 1. The van der Waals surface area contributed by atoms with Gasteiger partial charge in [-0.15, -0.1) is 0 Å². The molecule has 8 heteroatoms. The van der Waals surface area contributed by atoms with Gasteiger partial charge in [0.15, 0.2) is 5.82 Å². The van der Waals surface area contributed by atoms with Gasteiger partial charge in [0, 0.05) is 6.20 Å². The lowest BCUT2D eigenvalue weighted by Gasteiger charge is -2.04. The maximum absolute atomic E-state index is 13.6. The van der Waals surface area contributed by atoms with Crippen molar-refractivity contribution in [3.05, 3.63) is 82.3 Å². The van der Waals surface area contributed by atoms with Crippen LogP contribution in [0.3, 0.4) is 0 Å². The van der Waals surface area contributed by atoms with Crippen molar-refractivity contribution in [2.24, 2.45) is 0 Å². The second kappa shape index (κ2) is 6.98. The summed E-state index contributed by atoms with van der Waals surface area (Å²) in [5.74, 6) is -2.81. The van der Waals surface area contributed by atoms with E-state index in [1.807, 2.05) is 0 Å². The lowest BCUT2D eigenvalue weighted by Crippen LogP contribution is -2.15. The molecule has 2 aromatic carbocycles. The van der Waals surface area contributed by atoms with Gasteiger partial charge in [-0.1, -0.05) is 23.7 Å². The highest BCUT2D eigenvalue weighted by Gasteiger charge is 2.16. The van der Waals surface area contributed by atoms with Gasteiger partial charge in [0.25, 0.3) is 5.91 Å². The number of carbonyl (C=O) groups is 1. The summed E-state index contributed by atoms with van der Waals surface area (Å²) >= 11 is 6.01. The van der Waals surface area contributed by atoms with Crippen LogP contribution in [0.4, 0.5) is 19.0 Å². The first-order valence-electron chi connectivity index (χ1n) is 7.16. The largest absolute Gasteiger partial charge is 0.304 e. The zero-order valence-electron chi connectivity index (χ0n) is 12.6. The van der Waals surface area contributed by atoms with Crippen molar-refractivity contribution in [2.45, 2.75) is 6.54 Å². The molecule has 0 spiro atoms. The van der Waals surface area contributed by atoms with Crippen molar-refractivity contribution in [2.75, 3.05) is 5.32 Å². The molecule has 4 nitrogen and oxygen atoms in total. The van der Waals surface area contributed by atoms with Crippen LogP contribution >= 0.6 is 11.6 Å². The molecule has 0 atom stereocenters. The average molecular weight is 366 g/mol. The van der Waals surface area contributed by atoms with Crippen LogP contribution in [0.2, 0.25) is 5.02 Å². The molecular weight excluding hydrogens is 355 g/mol. The Hall–Kier alpha value is -2.80. The fourth-order valence-electron chi connectivity index (χ4n) is 2.19. The van der Waals surface area contributed by atoms with Crippen LogP contribution in [0.1, 0.15) is 15.9 Å². The monoisotopic (exact) mass is 365 g/mol. The fourth-order valence-corrected chi connectivity index (χ4v) is 2.38. The molecule has 0 saturated heterocycles. The molecule has 0 aliphatic rings. The number of amides is 1. The SMILES string of the molecule is O=C(Nc1nn(Cc2ccc(F)cc2)cc1Cl)c1cc(F)ccc1F. The van der Waals surface area contributed by atoms with Crippen molar-refractivity contribution in [3.63, 3.8) is 0 Å². The van der Waals surface area contributed by atoms with Gasteiger partial charge in [-0.05, 0) is 35.9 Å². The number of anilines is 1. The number of halogens is 4. The van der Waals surface area contributed by atoms with E-state index in [1.54, 1.807) is 12.1 Å². The maximum Gasteiger partial charge on any atom is 0.259 e. The Labute approximate surface area is 145 Å². The van der Waals surface area contributed by atoms with Crippen LogP contribution in [0, 0.1) is 17.5 Å². The number of hydrogen-bond donors (Lipinski definition) is 1. The Morgan fingerprint density at radius 3 is 2.48 bits per heavy atom. The predicted octanol–water partition coefficient (Wildman–Crippen LogP) is 4.25. The van der Waals surface area contributed by atoms with Gasteiger partial charge in [0.1, 0.15) is 22.5 Å². The van der Waals surface area contributed by atoms with Crippen LogP contribution in [0.5, 0.6) is 0 Å². The highest BCUT2D eigenvalue weighted by atomic mass is 35.5. The minimum absolute atomic E-state index is 0.0115. The molecule has 128 valence electrons. The predicted molar refractivity (Wildman–Crippen MR) is 87.1 cm³/mol. The van der Waals surface area contributed by atoms with Gasteiger partial charge in [-0.3, -0.25) is 9.48 Å². The summed E-state index contributed by atoms with van der Waals surface area (Å²) in [5.41, 5.74) is 0.318. The Bertz CT molecular complexity index is 925. The van der Waals surface area contributed by atoms with E-state index in [0.29, 0.717) is 6.54 Å². The fraction of sp³-hybridized carbons (Fsp3) is 0.0588. The Morgan fingerprint density at radius 2 is 1.76 bits per heavy atom. The molecule has 1 amide bonds. The van der Waals surface area contributed by atoms with E-state index in [4.69, 9.17) is 11.6 Å². The van der Waals surface area contributed by atoms with Gasteiger partial charge in [-0.2, -0.15) is 5.10 Å². The summed E-state index contributed by atoms with van der Waals surface area (Å²) in [4.78, 5) is 12.1. The van der Waals surface area contributed by atoms with Gasteiger partial charge in [0.05, 0.1) is 12.1 Å². The Morgan fingerprint density at radius 1 is 1.08 bits per heavy atom. The molecule has 3 rings (SSSR count). The molecule has 0 bridgehead atoms. The second-order valence-corrected chi connectivity index (χ2v) is 5.64.